The van der Waals surface area contributed by atoms with Crippen molar-refractivity contribution in [3.8, 4) is 0 Å². The van der Waals surface area contributed by atoms with Crippen LogP contribution in [0.1, 0.15) is 41.0 Å². The van der Waals surface area contributed by atoms with Crippen molar-refractivity contribution in [1.82, 2.24) is 9.55 Å². The van der Waals surface area contributed by atoms with E-state index >= 15 is 0 Å². The fourth-order valence-corrected chi connectivity index (χ4v) is 5.38. The molecule has 1 spiro atoms. The molecule has 5 nitrogen and oxygen atoms in total. The molecule has 0 aromatic carbocycles. The number of imidazole rings is 1. The highest BCUT2D eigenvalue weighted by Crippen LogP contribution is 2.57. The zero-order valence-corrected chi connectivity index (χ0v) is 19.0. The van der Waals surface area contributed by atoms with Crippen molar-refractivity contribution in [3.05, 3.63) is 47.0 Å². The van der Waals surface area contributed by atoms with E-state index in [9.17, 15) is 18.0 Å². The van der Waals surface area contributed by atoms with Crippen molar-refractivity contribution in [2.45, 2.75) is 57.8 Å². The van der Waals surface area contributed by atoms with Crippen molar-refractivity contribution in [2.75, 3.05) is 12.0 Å². The normalized spacial score (nSPS) is 23.0. The van der Waals surface area contributed by atoms with E-state index in [4.69, 9.17) is 4.74 Å². The SMILES string of the molecule is COC1=C(C)CC23C=CC=C(C(F)(F)F)N2c2ncc(SC(=O)C(C)(C)C)n2C3=C1C. The third-order valence-electron chi connectivity index (χ3n) is 5.73. The smallest absolute Gasteiger partial charge is 0.431 e. The Kier molecular flexibility index (Phi) is 4.77. The van der Waals surface area contributed by atoms with Gasteiger partial charge in [-0.25, -0.2) is 4.98 Å². The minimum absolute atomic E-state index is 0.0935. The molecule has 0 saturated carbocycles. The first-order valence-corrected chi connectivity index (χ1v) is 10.7. The Morgan fingerprint density at radius 2 is 1.94 bits per heavy atom. The average Bonchev–Trinajstić information content (AvgIpc) is 3.15. The lowest BCUT2D eigenvalue weighted by Crippen LogP contribution is -2.50. The van der Waals surface area contributed by atoms with Gasteiger partial charge in [0.05, 0.1) is 19.0 Å². The van der Waals surface area contributed by atoms with Gasteiger partial charge in [0, 0.05) is 17.4 Å². The van der Waals surface area contributed by atoms with E-state index in [-0.39, 0.29) is 11.1 Å². The summed E-state index contributed by atoms with van der Waals surface area (Å²) in [5.41, 5.74) is -0.257. The molecule has 9 heteroatoms. The maximum absolute atomic E-state index is 14.0. The molecule has 0 N–H and O–H groups in total. The molecule has 0 bridgehead atoms. The van der Waals surface area contributed by atoms with Gasteiger partial charge in [0.25, 0.3) is 0 Å². The molecule has 1 aromatic heterocycles. The molecule has 0 saturated heterocycles. The first-order chi connectivity index (χ1) is 14.3. The van der Waals surface area contributed by atoms with Gasteiger partial charge in [0.2, 0.25) is 5.95 Å². The second-order valence-electron chi connectivity index (χ2n) is 9.00. The Hall–Kier alpha value is -2.42. The van der Waals surface area contributed by atoms with Crippen LogP contribution in [0, 0.1) is 5.41 Å². The third kappa shape index (κ3) is 3.08. The molecule has 1 aromatic rings. The molecular weight excluding hydrogens is 427 g/mol. The summed E-state index contributed by atoms with van der Waals surface area (Å²) in [5.74, 6) is 0.799. The summed E-state index contributed by atoms with van der Waals surface area (Å²) < 4.78 is 49.4. The zero-order valence-electron chi connectivity index (χ0n) is 18.2. The summed E-state index contributed by atoms with van der Waals surface area (Å²) in [5, 5.41) is 0.395. The molecule has 3 aliphatic rings. The number of alkyl halides is 3. The Morgan fingerprint density at radius 1 is 1.26 bits per heavy atom. The van der Waals surface area contributed by atoms with Crippen molar-refractivity contribution in [1.29, 1.82) is 0 Å². The molecule has 166 valence electrons. The van der Waals surface area contributed by atoms with E-state index in [1.54, 1.807) is 17.8 Å². The van der Waals surface area contributed by atoms with E-state index in [0.29, 0.717) is 22.9 Å². The summed E-state index contributed by atoms with van der Waals surface area (Å²) in [4.78, 5) is 18.3. The topological polar surface area (TPSA) is 47.4 Å². The molecule has 1 unspecified atom stereocenters. The van der Waals surface area contributed by atoms with Crippen LogP contribution < -0.4 is 4.90 Å². The number of anilines is 1. The third-order valence-corrected chi connectivity index (χ3v) is 7.03. The largest absolute Gasteiger partial charge is 0.496 e. The maximum atomic E-state index is 14.0. The number of carbonyl (C=O) groups excluding carboxylic acids is 1. The number of nitrogens with zero attached hydrogens (tertiary/aromatic N) is 3. The number of allylic oxidation sites excluding steroid dienone is 4. The van der Waals surface area contributed by atoms with Crippen molar-refractivity contribution >= 4 is 28.5 Å². The van der Waals surface area contributed by atoms with E-state index in [0.717, 1.165) is 29.0 Å². The Morgan fingerprint density at radius 3 is 2.52 bits per heavy atom. The lowest BCUT2D eigenvalue weighted by molar-refractivity contribution is -0.117. The van der Waals surface area contributed by atoms with E-state index in [1.807, 2.05) is 34.6 Å². The predicted molar refractivity (Wildman–Crippen MR) is 114 cm³/mol. The summed E-state index contributed by atoms with van der Waals surface area (Å²) >= 11 is 1.000. The Labute approximate surface area is 183 Å². The molecule has 2 aliphatic heterocycles. The lowest BCUT2D eigenvalue weighted by Gasteiger charge is -2.43. The van der Waals surface area contributed by atoms with E-state index in [1.165, 1.54) is 17.2 Å². The second-order valence-corrected chi connectivity index (χ2v) is 10.00. The highest BCUT2D eigenvalue weighted by molar-refractivity contribution is 8.13. The van der Waals surface area contributed by atoms with Crippen LogP contribution in [-0.4, -0.2) is 33.5 Å². The lowest BCUT2D eigenvalue weighted by atomic mass is 9.78. The van der Waals surface area contributed by atoms with Gasteiger partial charge in [-0.1, -0.05) is 32.9 Å². The van der Waals surface area contributed by atoms with Crippen molar-refractivity contribution < 1.29 is 22.7 Å². The Bertz CT molecular complexity index is 1100. The fourth-order valence-electron chi connectivity index (χ4n) is 4.52. The molecule has 0 amide bonds. The van der Waals surface area contributed by atoms with E-state index in [2.05, 4.69) is 4.98 Å². The molecule has 31 heavy (non-hydrogen) atoms. The van der Waals surface area contributed by atoms with Crippen LogP contribution in [0.25, 0.3) is 5.70 Å². The number of carbonyl (C=O) groups is 1. The minimum atomic E-state index is -4.56. The number of fused-ring (bicyclic) bond motifs is 3. The van der Waals surface area contributed by atoms with Gasteiger partial charge in [-0.15, -0.1) is 0 Å². The molecule has 0 fully saturated rings. The molecule has 3 heterocycles. The summed E-state index contributed by atoms with van der Waals surface area (Å²) in [6, 6.07) is 0. The molecular formula is C22H24F3N3O2S. The van der Waals surface area contributed by atoms with Gasteiger partial charge in [-0.05, 0) is 37.3 Å². The fraction of sp³-hybridized carbons (Fsp3) is 0.455. The summed E-state index contributed by atoms with van der Waals surface area (Å²) in [6.07, 6.45) is 1.53. The van der Waals surface area contributed by atoms with Crippen LogP contribution in [-0.2, 0) is 9.53 Å². The van der Waals surface area contributed by atoms with Gasteiger partial charge in [-0.2, -0.15) is 13.2 Å². The maximum Gasteiger partial charge on any atom is 0.431 e. The van der Waals surface area contributed by atoms with Crippen molar-refractivity contribution in [3.63, 3.8) is 0 Å². The highest BCUT2D eigenvalue weighted by Gasteiger charge is 2.58. The summed E-state index contributed by atoms with van der Waals surface area (Å²) in [7, 11) is 1.55. The number of hydrogen-bond acceptors (Lipinski definition) is 5. The van der Waals surface area contributed by atoms with Gasteiger partial charge >= 0.3 is 6.18 Å². The Balaban J connectivity index is 1.99. The zero-order chi connectivity index (χ0) is 22.9. The number of hydrogen-bond donors (Lipinski definition) is 0. The standard InChI is InChI=1S/C22H24F3N3O2S/c1-12-10-21-9-7-8-14(22(23,24)25)28(21)19-26-11-15(31-18(29)20(3,4)5)27(19)17(21)13(2)16(12)30-6/h7-9,11H,10H2,1-6H3. The predicted octanol–water partition coefficient (Wildman–Crippen LogP) is 5.68. The number of ether oxygens (including phenoxy) is 1. The number of thioether (sulfide) groups is 1. The van der Waals surface area contributed by atoms with E-state index < -0.39 is 22.8 Å². The number of rotatable bonds is 2. The molecule has 1 atom stereocenters. The average molecular weight is 452 g/mol. The molecule has 1 aliphatic carbocycles. The second kappa shape index (κ2) is 6.79. The van der Waals surface area contributed by atoms with Crippen LogP contribution >= 0.6 is 11.8 Å². The minimum Gasteiger partial charge on any atom is -0.496 e. The van der Waals surface area contributed by atoms with Gasteiger partial charge in [0.15, 0.2) is 5.12 Å². The molecule has 0 radical (unpaired) electrons. The monoisotopic (exact) mass is 451 g/mol. The van der Waals surface area contributed by atoms with Gasteiger partial charge in [-0.3, -0.25) is 14.3 Å². The van der Waals surface area contributed by atoms with Crippen LogP contribution in [0.4, 0.5) is 19.1 Å². The van der Waals surface area contributed by atoms with Crippen LogP contribution in [0.5, 0.6) is 0 Å². The quantitative estimate of drug-likeness (QED) is 0.542. The first kappa shape index (κ1) is 21.8. The van der Waals surface area contributed by atoms with Crippen LogP contribution in [0.2, 0.25) is 0 Å². The number of aromatic nitrogens is 2. The number of halogens is 3. The van der Waals surface area contributed by atoms with Gasteiger partial charge < -0.3 is 4.74 Å². The van der Waals surface area contributed by atoms with Gasteiger partial charge in [0.1, 0.15) is 22.0 Å². The molecule has 4 rings (SSSR count). The highest BCUT2D eigenvalue weighted by atomic mass is 32.2. The first-order valence-electron chi connectivity index (χ1n) is 9.85. The van der Waals surface area contributed by atoms with Crippen molar-refractivity contribution in [2.24, 2.45) is 5.41 Å². The van der Waals surface area contributed by atoms with Crippen LogP contribution in [0.3, 0.4) is 0 Å². The van der Waals surface area contributed by atoms with Crippen LogP contribution in [0.15, 0.2) is 52.1 Å². The number of methoxy groups -OCH3 is 1. The summed E-state index contributed by atoms with van der Waals surface area (Å²) in [6.45, 7) is 9.13.